The van der Waals surface area contributed by atoms with E-state index in [0.717, 1.165) is 10.5 Å². The Hall–Kier alpha value is -2.20. The summed E-state index contributed by atoms with van der Waals surface area (Å²) in [4.78, 5) is 5.78. The summed E-state index contributed by atoms with van der Waals surface area (Å²) >= 11 is 1.66. The minimum absolute atomic E-state index is 0.228. The molecule has 1 aliphatic carbocycles. The van der Waals surface area contributed by atoms with Crippen LogP contribution in [0.3, 0.4) is 0 Å². The summed E-state index contributed by atoms with van der Waals surface area (Å²) in [7, 11) is 0. The summed E-state index contributed by atoms with van der Waals surface area (Å²) in [6, 6.07) is 17.4. The lowest BCUT2D eigenvalue weighted by atomic mass is 10.1. The third-order valence-electron chi connectivity index (χ3n) is 4.55. The molecule has 2 aromatic carbocycles. The van der Waals surface area contributed by atoms with Crippen LogP contribution in [0.15, 0.2) is 65.0 Å². The average molecular weight is 338 g/mol. The maximum Gasteiger partial charge on any atom is 0.190 e. The van der Waals surface area contributed by atoms with Crippen LogP contribution in [0.2, 0.25) is 0 Å². The Kier molecular flexibility index (Phi) is 4.30. The topological polar surface area (TPSA) is 17.3 Å². The third kappa shape index (κ3) is 3.06. The number of nitrogens with zero attached hydrogens (tertiary/aromatic N) is 2. The van der Waals surface area contributed by atoms with Gasteiger partial charge in [-0.25, -0.2) is 9.38 Å². The first kappa shape index (κ1) is 15.3. The van der Waals surface area contributed by atoms with Gasteiger partial charge in [0, 0.05) is 11.4 Å². The number of thiazole rings is 1. The van der Waals surface area contributed by atoms with Crippen molar-refractivity contribution in [3.05, 3.63) is 70.6 Å². The molecule has 1 aromatic heterocycles. The Labute approximate surface area is 144 Å². The Morgan fingerprint density at radius 2 is 1.67 bits per heavy atom. The largest absolute Gasteiger partial charge is 0.313 e. The molecule has 4 rings (SSSR count). The van der Waals surface area contributed by atoms with Gasteiger partial charge < -0.3 is 4.57 Å². The van der Waals surface area contributed by atoms with Crippen LogP contribution in [0.1, 0.15) is 31.7 Å². The van der Waals surface area contributed by atoms with E-state index in [4.69, 9.17) is 4.99 Å². The van der Waals surface area contributed by atoms with E-state index in [-0.39, 0.29) is 5.82 Å². The second-order valence-electron chi connectivity index (χ2n) is 6.17. The molecule has 0 amide bonds. The van der Waals surface area contributed by atoms with Gasteiger partial charge in [-0.15, -0.1) is 11.3 Å². The monoisotopic (exact) mass is 338 g/mol. The van der Waals surface area contributed by atoms with Crippen LogP contribution in [-0.2, 0) is 0 Å². The predicted octanol–water partition coefficient (Wildman–Crippen LogP) is 5.70. The minimum atomic E-state index is -0.228. The van der Waals surface area contributed by atoms with Gasteiger partial charge in [0.25, 0.3) is 0 Å². The lowest BCUT2D eigenvalue weighted by Crippen LogP contribution is -2.19. The van der Waals surface area contributed by atoms with E-state index in [9.17, 15) is 4.39 Å². The van der Waals surface area contributed by atoms with Crippen LogP contribution in [0.4, 0.5) is 10.1 Å². The summed E-state index contributed by atoms with van der Waals surface area (Å²) in [5.41, 5.74) is 3.25. The number of aromatic nitrogens is 1. The predicted molar refractivity (Wildman–Crippen MR) is 96.9 cm³/mol. The van der Waals surface area contributed by atoms with Crippen LogP contribution in [0.5, 0.6) is 0 Å². The summed E-state index contributed by atoms with van der Waals surface area (Å²) in [6.45, 7) is 0. The van der Waals surface area contributed by atoms with Crippen LogP contribution in [-0.4, -0.2) is 4.57 Å². The normalized spacial score (nSPS) is 16.0. The molecule has 1 saturated carbocycles. The molecule has 0 saturated heterocycles. The van der Waals surface area contributed by atoms with E-state index in [0.29, 0.717) is 6.04 Å². The highest BCUT2D eigenvalue weighted by molar-refractivity contribution is 7.07. The molecule has 0 N–H and O–H groups in total. The molecular formula is C20H19FN2S. The van der Waals surface area contributed by atoms with Gasteiger partial charge in [0.2, 0.25) is 0 Å². The number of hydrogen-bond acceptors (Lipinski definition) is 2. The molecule has 1 fully saturated rings. The van der Waals surface area contributed by atoms with Crippen LogP contribution in [0, 0.1) is 5.82 Å². The van der Waals surface area contributed by atoms with Crippen molar-refractivity contribution in [1.82, 2.24) is 4.57 Å². The van der Waals surface area contributed by atoms with E-state index in [2.05, 4.69) is 34.2 Å². The quantitative estimate of drug-likeness (QED) is 0.582. The van der Waals surface area contributed by atoms with E-state index >= 15 is 0 Å². The second kappa shape index (κ2) is 6.73. The molecule has 3 aromatic rings. The first-order chi connectivity index (χ1) is 11.8. The van der Waals surface area contributed by atoms with Crippen molar-refractivity contribution in [1.29, 1.82) is 0 Å². The van der Waals surface area contributed by atoms with Crippen molar-refractivity contribution in [2.24, 2.45) is 4.99 Å². The fourth-order valence-electron chi connectivity index (χ4n) is 3.36. The molecule has 0 radical (unpaired) electrons. The Bertz CT molecular complexity index is 872. The number of rotatable bonds is 3. The molecule has 122 valence electrons. The fourth-order valence-corrected chi connectivity index (χ4v) is 4.35. The summed E-state index contributed by atoms with van der Waals surface area (Å²) in [5.74, 6) is -0.228. The molecule has 1 aliphatic rings. The van der Waals surface area contributed by atoms with E-state index in [1.807, 2.05) is 6.07 Å². The highest BCUT2D eigenvalue weighted by atomic mass is 32.1. The molecule has 24 heavy (non-hydrogen) atoms. The molecule has 0 atom stereocenters. The Morgan fingerprint density at radius 3 is 2.38 bits per heavy atom. The molecular weight excluding hydrogens is 319 g/mol. The van der Waals surface area contributed by atoms with Crippen molar-refractivity contribution in [2.45, 2.75) is 31.7 Å². The van der Waals surface area contributed by atoms with Gasteiger partial charge in [-0.1, -0.05) is 43.2 Å². The van der Waals surface area contributed by atoms with Crippen LogP contribution >= 0.6 is 11.3 Å². The minimum Gasteiger partial charge on any atom is -0.313 e. The van der Waals surface area contributed by atoms with Crippen molar-refractivity contribution < 1.29 is 4.39 Å². The first-order valence-corrected chi connectivity index (χ1v) is 9.25. The molecule has 2 nitrogen and oxygen atoms in total. The van der Waals surface area contributed by atoms with Gasteiger partial charge >= 0.3 is 0 Å². The zero-order valence-electron chi connectivity index (χ0n) is 13.4. The highest BCUT2D eigenvalue weighted by Gasteiger charge is 2.21. The number of halogens is 1. The van der Waals surface area contributed by atoms with Gasteiger partial charge in [-0.05, 0) is 42.7 Å². The van der Waals surface area contributed by atoms with E-state index < -0.39 is 0 Å². The lowest BCUT2D eigenvalue weighted by molar-refractivity contribution is 0.512. The van der Waals surface area contributed by atoms with E-state index in [1.54, 1.807) is 23.5 Å². The molecule has 4 heteroatoms. The Morgan fingerprint density at radius 1 is 0.958 bits per heavy atom. The summed E-state index contributed by atoms with van der Waals surface area (Å²) < 4.78 is 15.5. The van der Waals surface area contributed by atoms with Gasteiger partial charge in [-0.2, -0.15) is 0 Å². The van der Waals surface area contributed by atoms with Crippen molar-refractivity contribution >= 4 is 17.0 Å². The number of hydrogen-bond donors (Lipinski definition) is 0. The van der Waals surface area contributed by atoms with Gasteiger partial charge in [0.05, 0.1) is 11.4 Å². The maximum absolute atomic E-state index is 13.1. The lowest BCUT2D eigenvalue weighted by Gasteiger charge is -2.16. The fraction of sp³-hybridized carbons (Fsp3) is 0.250. The average Bonchev–Trinajstić information content (AvgIpc) is 3.27. The standard InChI is InChI=1S/C20H19FN2S/c21-16-10-12-17(13-11-16)22-20-23(18-8-4-5-9-18)19(14-24-20)15-6-2-1-3-7-15/h1-3,6-7,10-14,18H,4-5,8-9H2. The Balaban J connectivity index is 1.85. The second-order valence-corrected chi connectivity index (χ2v) is 7.00. The van der Waals surface area contributed by atoms with Crippen molar-refractivity contribution in [2.75, 3.05) is 0 Å². The summed E-state index contributed by atoms with van der Waals surface area (Å²) in [6.07, 6.45) is 4.95. The van der Waals surface area contributed by atoms with Crippen molar-refractivity contribution in [3.8, 4) is 11.3 Å². The van der Waals surface area contributed by atoms with Crippen molar-refractivity contribution in [3.63, 3.8) is 0 Å². The molecule has 0 aliphatic heterocycles. The SMILES string of the molecule is Fc1ccc(N=c2scc(-c3ccccc3)n2C2CCCC2)cc1. The zero-order chi connectivity index (χ0) is 16.4. The van der Waals surface area contributed by atoms with Gasteiger partial charge in [-0.3, -0.25) is 0 Å². The molecule has 0 unspecified atom stereocenters. The first-order valence-electron chi connectivity index (χ1n) is 8.37. The maximum atomic E-state index is 13.1. The highest BCUT2D eigenvalue weighted by Crippen LogP contribution is 2.33. The van der Waals surface area contributed by atoms with Gasteiger partial charge in [0.1, 0.15) is 5.82 Å². The molecule has 0 spiro atoms. The zero-order valence-corrected chi connectivity index (χ0v) is 14.2. The van der Waals surface area contributed by atoms with Crippen LogP contribution in [0.25, 0.3) is 11.3 Å². The third-order valence-corrected chi connectivity index (χ3v) is 5.39. The smallest absolute Gasteiger partial charge is 0.190 e. The van der Waals surface area contributed by atoms with Crippen LogP contribution < -0.4 is 4.80 Å². The van der Waals surface area contributed by atoms with Gasteiger partial charge in [0.15, 0.2) is 4.80 Å². The van der Waals surface area contributed by atoms with E-state index in [1.165, 1.54) is 49.1 Å². The number of benzene rings is 2. The molecule has 1 heterocycles. The molecule has 0 bridgehead atoms. The summed E-state index contributed by atoms with van der Waals surface area (Å²) in [5, 5.41) is 2.19.